The van der Waals surface area contributed by atoms with E-state index >= 15 is 0 Å². The molecule has 0 amide bonds. The van der Waals surface area contributed by atoms with Crippen LogP contribution in [0.2, 0.25) is 0 Å². The molecule has 0 spiro atoms. The number of piperazine rings is 1. The van der Waals surface area contributed by atoms with Crippen LogP contribution in [0.15, 0.2) is 55.1 Å². The van der Waals surface area contributed by atoms with Crippen LogP contribution in [0.25, 0.3) is 10.8 Å². The van der Waals surface area contributed by atoms with E-state index < -0.39 is 0 Å². The van der Waals surface area contributed by atoms with Gasteiger partial charge in [0.05, 0.1) is 6.04 Å². The third kappa shape index (κ3) is 2.55. The molecular formula is C17H20N2. The van der Waals surface area contributed by atoms with Gasteiger partial charge in [-0.05, 0) is 22.4 Å². The first-order valence-electron chi connectivity index (χ1n) is 6.94. The lowest BCUT2D eigenvalue weighted by Crippen LogP contribution is -2.44. The summed E-state index contributed by atoms with van der Waals surface area (Å²) in [6, 6.07) is 15.6. The highest BCUT2D eigenvalue weighted by atomic mass is 15.2. The zero-order valence-corrected chi connectivity index (χ0v) is 11.2. The van der Waals surface area contributed by atoms with Gasteiger partial charge < -0.3 is 5.32 Å². The number of fused-ring (bicyclic) bond motifs is 1. The zero-order valence-electron chi connectivity index (χ0n) is 11.2. The van der Waals surface area contributed by atoms with Crippen LogP contribution in [0, 0.1) is 0 Å². The molecule has 0 aliphatic carbocycles. The van der Waals surface area contributed by atoms with E-state index in [1.807, 2.05) is 0 Å². The third-order valence-corrected chi connectivity index (χ3v) is 3.88. The molecule has 2 heteroatoms. The van der Waals surface area contributed by atoms with E-state index in [1.54, 1.807) is 0 Å². The summed E-state index contributed by atoms with van der Waals surface area (Å²) in [5, 5.41) is 6.01. The van der Waals surface area contributed by atoms with E-state index in [-0.39, 0.29) is 0 Å². The Morgan fingerprint density at radius 1 is 1.05 bits per heavy atom. The Balaban J connectivity index is 1.93. The summed E-state index contributed by atoms with van der Waals surface area (Å²) < 4.78 is 0. The standard InChI is InChI=1S/C17H20N2/c1-2-17(19-11-9-18-10-12-19)16-8-7-14-5-3-4-6-15(14)13-16/h2-8,13,17-18H,1,9-12H2/t17-/m1/s1. The summed E-state index contributed by atoms with van der Waals surface area (Å²) in [4.78, 5) is 2.49. The monoisotopic (exact) mass is 252 g/mol. The number of rotatable bonds is 3. The molecule has 0 aromatic heterocycles. The molecule has 98 valence electrons. The van der Waals surface area contributed by atoms with Crippen LogP contribution in [0.5, 0.6) is 0 Å². The highest BCUT2D eigenvalue weighted by Crippen LogP contribution is 2.25. The first-order valence-corrected chi connectivity index (χ1v) is 6.94. The van der Waals surface area contributed by atoms with E-state index in [9.17, 15) is 0 Å². The van der Waals surface area contributed by atoms with Gasteiger partial charge in [0.15, 0.2) is 0 Å². The highest BCUT2D eigenvalue weighted by Gasteiger charge is 2.19. The maximum Gasteiger partial charge on any atom is 0.0530 e. The van der Waals surface area contributed by atoms with Crippen molar-refractivity contribution in [3.05, 3.63) is 60.7 Å². The van der Waals surface area contributed by atoms with Gasteiger partial charge in [0.25, 0.3) is 0 Å². The van der Waals surface area contributed by atoms with Crippen LogP contribution in [0.3, 0.4) is 0 Å². The second-order valence-corrected chi connectivity index (χ2v) is 5.07. The van der Waals surface area contributed by atoms with Crippen molar-refractivity contribution in [2.45, 2.75) is 6.04 Å². The fourth-order valence-electron chi connectivity index (χ4n) is 2.85. The summed E-state index contributed by atoms with van der Waals surface area (Å²) in [7, 11) is 0. The first-order chi connectivity index (χ1) is 9.38. The SMILES string of the molecule is C=C[C@H](c1ccc2ccccc2c1)N1CCNCC1. The van der Waals surface area contributed by atoms with Crippen molar-refractivity contribution in [2.75, 3.05) is 26.2 Å². The Morgan fingerprint density at radius 3 is 2.53 bits per heavy atom. The predicted octanol–water partition coefficient (Wildman–Crippen LogP) is 2.97. The molecule has 1 atom stereocenters. The van der Waals surface area contributed by atoms with Crippen molar-refractivity contribution < 1.29 is 0 Å². The predicted molar refractivity (Wildman–Crippen MR) is 81.3 cm³/mol. The van der Waals surface area contributed by atoms with Crippen molar-refractivity contribution in [1.82, 2.24) is 10.2 Å². The zero-order chi connectivity index (χ0) is 13.1. The van der Waals surface area contributed by atoms with Crippen LogP contribution < -0.4 is 5.32 Å². The van der Waals surface area contributed by atoms with Crippen LogP contribution >= 0.6 is 0 Å². The molecule has 2 nitrogen and oxygen atoms in total. The number of nitrogens with zero attached hydrogens (tertiary/aromatic N) is 1. The smallest absolute Gasteiger partial charge is 0.0530 e. The molecule has 0 saturated carbocycles. The lowest BCUT2D eigenvalue weighted by Gasteiger charge is -2.33. The molecule has 1 N–H and O–H groups in total. The summed E-state index contributed by atoms with van der Waals surface area (Å²) in [6.07, 6.45) is 2.06. The quantitative estimate of drug-likeness (QED) is 0.845. The number of nitrogens with one attached hydrogen (secondary N) is 1. The van der Waals surface area contributed by atoms with Crippen molar-refractivity contribution >= 4 is 10.8 Å². The molecule has 0 unspecified atom stereocenters. The summed E-state index contributed by atoms with van der Waals surface area (Å²) >= 11 is 0. The number of hydrogen-bond acceptors (Lipinski definition) is 2. The minimum atomic E-state index is 0.326. The van der Waals surface area contributed by atoms with Crippen molar-refractivity contribution in [3.8, 4) is 0 Å². The van der Waals surface area contributed by atoms with Crippen molar-refractivity contribution in [1.29, 1.82) is 0 Å². The van der Waals surface area contributed by atoms with Gasteiger partial charge in [0.1, 0.15) is 0 Å². The van der Waals surface area contributed by atoms with E-state index in [1.165, 1.54) is 16.3 Å². The van der Waals surface area contributed by atoms with Gasteiger partial charge >= 0.3 is 0 Å². The lowest BCUT2D eigenvalue weighted by molar-refractivity contribution is 0.203. The van der Waals surface area contributed by atoms with Crippen LogP contribution in [0.1, 0.15) is 11.6 Å². The van der Waals surface area contributed by atoms with E-state index in [0.717, 1.165) is 26.2 Å². The Bertz CT molecular complexity index is 570. The fraction of sp³-hybridized carbons (Fsp3) is 0.294. The Hall–Kier alpha value is -1.64. The maximum atomic E-state index is 4.03. The molecule has 1 fully saturated rings. The maximum absolute atomic E-state index is 4.03. The second kappa shape index (κ2) is 5.55. The Kier molecular flexibility index (Phi) is 3.62. The second-order valence-electron chi connectivity index (χ2n) is 5.07. The molecule has 2 aromatic rings. The number of hydrogen-bond donors (Lipinski definition) is 1. The molecule has 1 saturated heterocycles. The van der Waals surface area contributed by atoms with Gasteiger partial charge in [0, 0.05) is 26.2 Å². The third-order valence-electron chi connectivity index (χ3n) is 3.88. The van der Waals surface area contributed by atoms with E-state index in [4.69, 9.17) is 0 Å². The topological polar surface area (TPSA) is 15.3 Å². The van der Waals surface area contributed by atoms with E-state index in [2.05, 4.69) is 65.3 Å². The van der Waals surface area contributed by atoms with Gasteiger partial charge in [-0.15, -0.1) is 6.58 Å². The molecule has 19 heavy (non-hydrogen) atoms. The molecule has 1 aliphatic heterocycles. The molecule has 1 heterocycles. The van der Waals surface area contributed by atoms with Gasteiger partial charge in [-0.3, -0.25) is 4.90 Å². The minimum absolute atomic E-state index is 0.326. The largest absolute Gasteiger partial charge is 0.314 e. The van der Waals surface area contributed by atoms with Gasteiger partial charge in [-0.1, -0.05) is 42.5 Å². The Morgan fingerprint density at radius 2 is 1.79 bits per heavy atom. The van der Waals surface area contributed by atoms with E-state index in [0.29, 0.717) is 6.04 Å². The molecule has 1 aliphatic rings. The Labute approximate surface area is 114 Å². The van der Waals surface area contributed by atoms with Gasteiger partial charge in [0.2, 0.25) is 0 Å². The van der Waals surface area contributed by atoms with Crippen LogP contribution in [-0.2, 0) is 0 Å². The molecular weight excluding hydrogens is 232 g/mol. The van der Waals surface area contributed by atoms with Crippen molar-refractivity contribution in [2.24, 2.45) is 0 Å². The summed E-state index contributed by atoms with van der Waals surface area (Å²) in [5.41, 5.74) is 1.34. The highest BCUT2D eigenvalue weighted by molar-refractivity contribution is 5.83. The van der Waals surface area contributed by atoms with Crippen LogP contribution in [-0.4, -0.2) is 31.1 Å². The average molecular weight is 252 g/mol. The summed E-state index contributed by atoms with van der Waals surface area (Å²) in [5.74, 6) is 0. The number of benzene rings is 2. The first kappa shape index (κ1) is 12.4. The molecule has 3 rings (SSSR count). The normalized spacial score (nSPS) is 18.3. The average Bonchev–Trinajstić information content (AvgIpc) is 2.49. The van der Waals surface area contributed by atoms with Crippen LogP contribution in [0.4, 0.5) is 0 Å². The molecule has 2 aromatic carbocycles. The molecule has 0 bridgehead atoms. The fourth-order valence-corrected chi connectivity index (χ4v) is 2.85. The molecule has 0 radical (unpaired) electrons. The summed E-state index contributed by atoms with van der Waals surface area (Å²) in [6.45, 7) is 8.34. The minimum Gasteiger partial charge on any atom is -0.314 e. The van der Waals surface area contributed by atoms with Gasteiger partial charge in [-0.2, -0.15) is 0 Å². The van der Waals surface area contributed by atoms with Crippen molar-refractivity contribution in [3.63, 3.8) is 0 Å². The lowest BCUT2D eigenvalue weighted by atomic mass is 10.0. The van der Waals surface area contributed by atoms with Gasteiger partial charge in [-0.25, -0.2) is 0 Å².